The zero-order valence-corrected chi connectivity index (χ0v) is 10.6. The van der Waals surface area contributed by atoms with Gasteiger partial charge in [0.1, 0.15) is 5.78 Å². The summed E-state index contributed by atoms with van der Waals surface area (Å²) in [5.74, 6) is 0.337. The van der Waals surface area contributed by atoms with Crippen LogP contribution in [0.5, 0.6) is 0 Å². The van der Waals surface area contributed by atoms with Crippen molar-refractivity contribution in [1.82, 2.24) is 9.88 Å². The maximum absolute atomic E-state index is 12.3. The first-order valence-electron chi connectivity index (χ1n) is 6.32. The standard InChI is InChI=1S/C14H20N2O/c1-3-13(17)14(7-10-16(2)11-8-14)12-6-4-5-9-15-12/h4-6,9H,3,7-8,10-11H2,1-2H3. The minimum Gasteiger partial charge on any atom is -0.306 e. The van der Waals surface area contributed by atoms with Crippen molar-refractivity contribution in [3.8, 4) is 0 Å². The van der Waals surface area contributed by atoms with Gasteiger partial charge in [-0.15, -0.1) is 0 Å². The van der Waals surface area contributed by atoms with Gasteiger partial charge < -0.3 is 4.90 Å². The van der Waals surface area contributed by atoms with Crippen LogP contribution < -0.4 is 0 Å². The number of aromatic nitrogens is 1. The molecule has 0 spiro atoms. The fourth-order valence-corrected chi connectivity index (χ4v) is 2.66. The van der Waals surface area contributed by atoms with Crippen molar-refractivity contribution >= 4 is 5.78 Å². The highest BCUT2D eigenvalue weighted by molar-refractivity contribution is 5.89. The van der Waals surface area contributed by atoms with Crippen LogP contribution in [0.3, 0.4) is 0 Å². The predicted molar refractivity (Wildman–Crippen MR) is 67.9 cm³/mol. The second-order valence-electron chi connectivity index (χ2n) is 4.88. The van der Waals surface area contributed by atoms with E-state index in [4.69, 9.17) is 0 Å². The summed E-state index contributed by atoms with van der Waals surface area (Å²) in [6, 6.07) is 5.88. The highest BCUT2D eigenvalue weighted by Crippen LogP contribution is 2.35. The molecular formula is C14H20N2O. The van der Waals surface area contributed by atoms with Crippen molar-refractivity contribution in [1.29, 1.82) is 0 Å². The Kier molecular flexibility index (Phi) is 3.57. The molecule has 3 nitrogen and oxygen atoms in total. The van der Waals surface area contributed by atoms with E-state index in [0.717, 1.165) is 31.6 Å². The Hall–Kier alpha value is -1.22. The van der Waals surface area contributed by atoms with E-state index in [-0.39, 0.29) is 5.41 Å². The number of ketones is 1. The molecule has 0 aliphatic carbocycles. The van der Waals surface area contributed by atoms with Gasteiger partial charge in [-0.25, -0.2) is 0 Å². The smallest absolute Gasteiger partial charge is 0.144 e. The molecule has 1 fully saturated rings. The molecule has 1 aromatic rings. The van der Waals surface area contributed by atoms with Crippen molar-refractivity contribution in [3.63, 3.8) is 0 Å². The Morgan fingerprint density at radius 2 is 2.12 bits per heavy atom. The number of nitrogens with zero attached hydrogens (tertiary/aromatic N) is 2. The summed E-state index contributed by atoms with van der Waals surface area (Å²) in [6.07, 6.45) is 4.18. The third-order valence-electron chi connectivity index (χ3n) is 3.85. The zero-order valence-electron chi connectivity index (χ0n) is 10.6. The van der Waals surface area contributed by atoms with Crippen LogP contribution in [0.4, 0.5) is 0 Å². The molecule has 0 unspecified atom stereocenters. The predicted octanol–water partition coefficient (Wildman–Crippen LogP) is 2.02. The average molecular weight is 232 g/mol. The van der Waals surface area contributed by atoms with Crippen LogP contribution >= 0.6 is 0 Å². The Morgan fingerprint density at radius 1 is 1.41 bits per heavy atom. The number of carbonyl (C=O) groups excluding carboxylic acids is 1. The molecule has 1 aliphatic rings. The van der Waals surface area contributed by atoms with E-state index in [0.29, 0.717) is 12.2 Å². The minimum absolute atomic E-state index is 0.331. The molecule has 1 aromatic heterocycles. The lowest BCUT2D eigenvalue weighted by Crippen LogP contribution is -2.46. The van der Waals surface area contributed by atoms with Crippen molar-refractivity contribution in [2.45, 2.75) is 31.6 Å². The topological polar surface area (TPSA) is 33.2 Å². The fourth-order valence-electron chi connectivity index (χ4n) is 2.66. The van der Waals surface area contributed by atoms with Crippen molar-refractivity contribution in [2.75, 3.05) is 20.1 Å². The normalized spacial score (nSPS) is 20.1. The molecule has 0 saturated carbocycles. The van der Waals surface area contributed by atoms with Crippen LogP contribution in [-0.2, 0) is 10.2 Å². The molecule has 1 aliphatic heterocycles. The van der Waals surface area contributed by atoms with Crippen molar-refractivity contribution in [2.24, 2.45) is 0 Å². The Balaban J connectivity index is 2.35. The van der Waals surface area contributed by atoms with Crippen LogP contribution in [0.25, 0.3) is 0 Å². The maximum Gasteiger partial charge on any atom is 0.144 e. The zero-order chi connectivity index (χ0) is 12.3. The summed E-state index contributed by atoms with van der Waals surface area (Å²) < 4.78 is 0. The number of piperidine rings is 1. The Labute approximate surface area is 103 Å². The Bertz CT molecular complexity index is 380. The van der Waals surface area contributed by atoms with Crippen LogP contribution in [0.15, 0.2) is 24.4 Å². The van der Waals surface area contributed by atoms with Crippen molar-refractivity contribution in [3.05, 3.63) is 30.1 Å². The lowest BCUT2D eigenvalue weighted by Gasteiger charge is -2.39. The average Bonchev–Trinajstić information content (AvgIpc) is 2.40. The van der Waals surface area contributed by atoms with Crippen LogP contribution in [0.1, 0.15) is 31.9 Å². The van der Waals surface area contributed by atoms with E-state index in [1.807, 2.05) is 25.1 Å². The number of likely N-dealkylation sites (tertiary alicyclic amines) is 1. The van der Waals surface area contributed by atoms with Gasteiger partial charge in [-0.2, -0.15) is 0 Å². The molecule has 0 N–H and O–H groups in total. The summed E-state index contributed by atoms with van der Waals surface area (Å²) in [5.41, 5.74) is 0.627. The molecule has 2 heterocycles. The van der Waals surface area contributed by atoms with Gasteiger partial charge in [0.25, 0.3) is 0 Å². The number of pyridine rings is 1. The molecule has 2 rings (SSSR count). The first-order valence-corrected chi connectivity index (χ1v) is 6.32. The summed E-state index contributed by atoms with van der Waals surface area (Å²) in [7, 11) is 2.11. The summed E-state index contributed by atoms with van der Waals surface area (Å²) in [6.45, 7) is 3.90. The summed E-state index contributed by atoms with van der Waals surface area (Å²) >= 11 is 0. The summed E-state index contributed by atoms with van der Waals surface area (Å²) in [5, 5.41) is 0. The molecular weight excluding hydrogens is 212 g/mol. The third-order valence-corrected chi connectivity index (χ3v) is 3.85. The fraction of sp³-hybridized carbons (Fsp3) is 0.571. The van der Waals surface area contributed by atoms with Crippen LogP contribution in [-0.4, -0.2) is 35.8 Å². The molecule has 0 bridgehead atoms. The first-order chi connectivity index (χ1) is 8.19. The monoisotopic (exact) mass is 232 g/mol. The molecule has 0 amide bonds. The van der Waals surface area contributed by atoms with Crippen LogP contribution in [0.2, 0.25) is 0 Å². The molecule has 17 heavy (non-hydrogen) atoms. The first kappa shape index (κ1) is 12.2. The number of hydrogen-bond donors (Lipinski definition) is 0. The lowest BCUT2D eigenvalue weighted by molar-refractivity contribution is -0.126. The molecule has 1 saturated heterocycles. The molecule has 3 heteroatoms. The Morgan fingerprint density at radius 3 is 2.65 bits per heavy atom. The van der Waals surface area contributed by atoms with E-state index >= 15 is 0 Å². The van der Waals surface area contributed by atoms with E-state index < -0.39 is 0 Å². The summed E-state index contributed by atoms with van der Waals surface area (Å²) in [4.78, 5) is 19.0. The SMILES string of the molecule is CCC(=O)C1(c2ccccn2)CCN(C)CC1. The van der Waals surface area contributed by atoms with Gasteiger partial charge in [0, 0.05) is 12.6 Å². The number of hydrogen-bond acceptors (Lipinski definition) is 3. The van der Waals surface area contributed by atoms with Crippen molar-refractivity contribution < 1.29 is 4.79 Å². The van der Waals surface area contributed by atoms with Gasteiger partial charge in [0.05, 0.1) is 11.1 Å². The van der Waals surface area contributed by atoms with Gasteiger partial charge >= 0.3 is 0 Å². The van der Waals surface area contributed by atoms with Gasteiger partial charge in [-0.1, -0.05) is 13.0 Å². The number of carbonyl (C=O) groups is 1. The quantitative estimate of drug-likeness (QED) is 0.799. The number of rotatable bonds is 3. The van der Waals surface area contributed by atoms with E-state index in [1.54, 1.807) is 6.20 Å². The maximum atomic E-state index is 12.3. The van der Waals surface area contributed by atoms with Crippen LogP contribution in [0, 0.1) is 0 Å². The van der Waals surface area contributed by atoms with E-state index in [9.17, 15) is 4.79 Å². The molecule has 92 valence electrons. The highest BCUT2D eigenvalue weighted by atomic mass is 16.1. The largest absolute Gasteiger partial charge is 0.306 e. The molecule has 0 radical (unpaired) electrons. The molecule has 0 atom stereocenters. The second-order valence-corrected chi connectivity index (χ2v) is 4.88. The van der Waals surface area contributed by atoms with Gasteiger partial charge in [0.15, 0.2) is 0 Å². The second kappa shape index (κ2) is 4.96. The number of Topliss-reactive ketones (excluding diaryl/α,β-unsaturated/α-hetero) is 1. The van der Waals surface area contributed by atoms with Gasteiger partial charge in [-0.3, -0.25) is 9.78 Å². The lowest BCUT2D eigenvalue weighted by atomic mass is 9.71. The van der Waals surface area contributed by atoms with Gasteiger partial charge in [-0.05, 0) is 45.1 Å². The van der Waals surface area contributed by atoms with E-state index in [2.05, 4.69) is 16.9 Å². The molecule has 0 aromatic carbocycles. The van der Waals surface area contributed by atoms with Gasteiger partial charge in [0.2, 0.25) is 0 Å². The highest BCUT2D eigenvalue weighted by Gasteiger charge is 2.41. The third kappa shape index (κ3) is 2.25. The minimum atomic E-state index is -0.331. The van der Waals surface area contributed by atoms with E-state index in [1.165, 1.54) is 0 Å².